The molecule has 0 bridgehead atoms. The fraction of sp³-hybridized carbons (Fsp3) is 0.588. The molecule has 1 aliphatic heterocycles. The molecule has 0 aliphatic carbocycles. The van der Waals surface area contributed by atoms with Crippen LogP contribution in [0.1, 0.15) is 33.6 Å². The maximum atomic E-state index is 11.9. The van der Waals surface area contributed by atoms with Crippen molar-refractivity contribution in [2.75, 3.05) is 23.3 Å². The second-order valence-corrected chi connectivity index (χ2v) is 6.48. The van der Waals surface area contributed by atoms with Crippen LogP contribution < -0.4 is 16.0 Å². The van der Waals surface area contributed by atoms with Gasteiger partial charge in [-0.15, -0.1) is 0 Å². The maximum absolute atomic E-state index is 11.9. The molecule has 0 saturated carbocycles. The van der Waals surface area contributed by atoms with Gasteiger partial charge in [0.15, 0.2) is 0 Å². The zero-order valence-electron chi connectivity index (χ0n) is 13.3. The Kier molecular flexibility index (Phi) is 5.23. The van der Waals surface area contributed by atoms with Crippen LogP contribution >= 0.6 is 0 Å². The zero-order chi connectivity index (χ0) is 15.4. The van der Waals surface area contributed by atoms with Crippen molar-refractivity contribution >= 4 is 17.3 Å². The number of nitrogens with one attached hydrogen (secondary N) is 1. The number of rotatable bonds is 4. The van der Waals surface area contributed by atoms with Crippen LogP contribution in [0.3, 0.4) is 0 Å². The number of hydrogen-bond acceptors (Lipinski definition) is 3. The SMILES string of the molecule is CC1CCN(c2ccc(NC(=O)C(N)C(C)C)cc2)CC1. The summed E-state index contributed by atoms with van der Waals surface area (Å²) in [5.41, 5.74) is 7.89. The number of nitrogens with zero attached hydrogens (tertiary/aromatic N) is 1. The quantitative estimate of drug-likeness (QED) is 0.896. The Bertz CT molecular complexity index is 461. The van der Waals surface area contributed by atoms with E-state index in [2.05, 4.69) is 29.3 Å². The van der Waals surface area contributed by atoms with Crippen LogP contribution in [-0.2, 0) is 4.79 Å². The molecule has 1 fully saturated rings. The molecule has 0 radical (unpaired) electrons. The van der Waals surface area contributed by atoms with E-state index in [1.807, 2.05) is 26.0 Å². The molecule has 1 heterocycles. The van der Waals surface area contributed by atoms with E-state index in [1.54, 1.807) is 0 Å². The van der Waals surface area contributed by atoms with E-state index in [0.717, 1.165) is 24.7 Å². The van der Waals surface area contributed by atoms with Gasteiger partial charge in [0.05, 0.1) is 6.04 Å². The summed E-state index contributed by atoms with van der Waals surface area (Å²) in [6.07, 6.45) is 2.50. The zero-order valence-corrected chi connectivity index (χ0v) is 13.3. The predicted octanol–water partition coefficient (Wildman–Crippen LogP) is 2.84. The van der Waals surface area contributed by atoms with Crippen LogP contribution in [-0.4, -0.2) is 25.0 Å². The highest BCUT2D eigenvalue weighted by Crippen LogP contribution is 2.24. The van der Waals surface area contributed by atoms with Gasteiger partial charge in [-0.2, -0.15) is 0 Å². The monoisotopic (exact) mass is 289 g/mol. The second kappa shape index (κ2) is 6.94. The molecule has 1 atom stereocenters. The first kappa shape index (κ1) is 15.8. The average Bonchev–Trinajstić information content (AvgIpc) is 2.48. The van der Waals surface area contributed by atoms with E-state index < -0.39 is 6.04 Å². The van der Waals surface area contributed by atoms with Crippen molar-refractivity contribution in [1.29, 1.82) is 0 Å². The summed E-state index contributed by atoms with van der Waals surface area (Å²) in [7, 11) is 0. The first-order valence-corrected chi connectivity index (χ1v) is 7.89. The Labute approximate surface area is 127 Å². The Balaban J connectivity index is 1.94. The molecule has 3 N–H and O–H groups in total. The fourth-order valence-corrected chi connectivity index (χ4v) is 2.55. The summed E-state index contributed by atoms with van der Waals surface area (Å²) in [4.78, 5) is 14.3. The maximum Gasteiger partial charge on any atom is 0.241 e. The molecular weight excluding hydrogens is 262 g/mol. The summed E-state index contributed by atoms with van der Waals surface area (Å²) in [5, 5.41) is 2.88. The molecule has 0 aromatic heterocycles. The lowest BCUT2D eigenvalue weighted by atomic mass is 9.99. The molecule has 1 unspecified atom stereocenters. The van der Waals surface area contributed by atoms with Crippen molar-refractivity contribution in [2.24, 2.45) is 17.6 Å². The molecule has 1 aromatic rings. The summed E-state index contributed by atoms with van der Waals surface area (Å²) in [5.74, 6) is 0.849. The van der Waals surface area contributed by atoms with Crippen molar-refractivity contribution in [1.82, 2.24) is 0 Å². The van der Waals surface area contributed by atoms with Crippen LogP contribution in [0.4, 0.5) is 11.4 Å². The highest BCUT2D eigenvalue weighted by molar-refractivity contribution is 5.94. The molecule has 4 heteroatoms. The molecule has 1 amide bonds. The Morgan fingerprint density at radius 3 is 2.33 bits per heavy atom. The van der Waals surface area contributed by atoms with Gasteiger partial charge in [0.1, 0.15) is 0 Å². The van der Waals surface area contributed by atoms with Gasteiger partial charge in [0, 0.05) is 24.5 Å². The van der Waals surface area contributed by atoms with Crippen molar-refractivity contribution in [3.8, 4) is 0 Å². The smallest absolute Gasteiger partial charge is 0.241 e. The van der Waals surface area contributed by atoms with Crippen LogP contribution in [0.25, 0.3) is 0 Å². The van der Waals surface area contributed by atoms with E-state index >= 15 is 0 Å². The molecule has 1 aromatic carbocycles. The van der Waals surface area contributed by atoms with E-state index in [9.17, 15) is 4.79 Å². The Hall–Kier alpha value is -1.55. The van der Waals surface area contributed by atoms with E-state index in [0.29, 0.717) is 0 Å². The Morgan fingerprint density at radius 1 is 1.24 bits per heavy atom. The minimum Gasteiger partial charge on any atom is -0.372 e. The highest BCUT2D eigenvalue weighted by Gasteiger charge is 2.18. The lowest BCUT2D eigenvalue weighted by molar-refractivity contribution is -0.118. The predicted molar refractivity (Wildman–Crippen MR) is 88.5 cm³/mol. The number of anilines is 2. The molecular formula is C17H27N3O. The number of piperidine rings is 1. The number of carbonyl (C=O) groups excluding carboxylic acids is 1. The molecule has 1 aliphatic rings. The lowest BCUT2D eigenvalue weighted by Crippen LogP contribution is -2.39. The van der Waals surface area contributed by atoms with Gasteiger partial charge < -0.3 is 16.0 Å². The molecule has 2 rings (SSSR count). The van der Waals surface area contributed by atoms with Gasteiger partial charge >= 0.3 is 0 Å². The molecule has 21 heavy (non-hydrogen) atoms. The third kappa shape index (κ3) is 4.21. The first-order valence-electron chi connectivity index (χ1n) is 7.89. The lowest BCUT2D eigenvalue weighted by Gasteiger charge is -2.32. The number of hydrogen-bond donors (Lipinski definition) is 2. The molecule has 116 valence electrons. The topological polar surface area (TPSA) is 58.4 Å². The number of carbonyl (C=O) groups is 1. The standard InChI is InChI=1S/C17H27N3O/c1-12(2)16(18)17(21)19-14-4-6-15(7-5-14)20-10-8-13(3)9-11-20/h4-7,12-13,16H,8-11,18H2,1-3H3,(H,19,21). The van der Waals surface area contributed by atoms with Gasteiger partial charge in [-0.1, -0.05) is 20.8 Å². The third-order valence-corrected chi connectivity index (χ3v) is 4.30. The fourth-order valence-electron chi connectivity index (χ4n) is 2.55. The third-order valence-electron chi connectivity index (χ3n) is 4.30. The number of benzene rings is 1. The van der Waals surface area contributed by atoms with Gasteiger partial charge in [0.2, 0.25) is 5.91 Å². The van der Waals surface area contributed by atoms with Gasteiger partial charge in [-0.3, -0.25) is 4.79 Å². The van der Waals surface area contributed by atoms with Crippen molar-refractivity contribution < 1.29 is 4.79 Å². The van der Waals surface area contributed by atoms with Crippen LogP contribution in [0.15, 0.2) is 24.3 Å². The number of amides is 1. The van der Waals surface area contributed by atoms with E-state index in [4.69, 9.17) is 5.73 Å². The summed E-state index contributed by atoms with van der Waals surface area (Å²) in [6, 6.07) is 7.60. The van der Waals surface area contributed by atoms with Crippen LogP contribution in [0.5, 0.6) is 0 Å². The second-order valence-electron chi connectivity index (χ2n) is 6.48. The van der Waals surface area contributed by atoms with Gasteiger partial charge in [-0.25, -0.2) is 0 Å². The van der Waals surface area contributed by atoms with Gasteiger partial charge in [-0.05, 0) is 48.9 Å². The first-order chi connectivity index (χ1) is 9.97. The average molecular weight is 289 g/mol. The Morgan fingerprint density at radius 2 is 1.81 bits per heavy atom. The van der Waals surface area contributed by atoms with Gasteiger partial charge in [0.25, 0.3) is 0 Å². The van der Waals surface area contributed by atoms with Crippen LogP contribution in [0.2, 0.25) is 0 Å². The number of nitrogens with two attached hydrogens (primary N) is 1. The van der Waals surface area contributed by atoms with Crippen LogP contribution in [0, 0.1) is 11.8 Å². The minimum atomic E-state index is -0.465. The minimum absolute atomic E-state index is 0.121. The van der Waals surface area contributed by atoms with Crippen molar-refractivity contribution in [3.05, 3.63) is 24.3 Å². The summed E-state index contributed by atoms with van der Waals surface area (Å²) >= 11 is 0. The molecule has 1 saturated heterocycles. The van der Waals surface area contributed by atoms with Crippen molar-refractivity contribution in [3.63, 3.8) is 0 Å². The summed E-state index contributed by atoms with van der Waals surface area (Å²) < 4.78 is 0. The molecule has 0 spiro atoms. The highest BCUT2D eigenvalue weighted by atomic mass is 16.2. The molecule has 4 nitrogen and oxygen atoms in total. The summed E-state index contributed by atoms with van der Waals surface area (Å²) in [6.45, 7) is 8.44. The normalized spacial score (nSPS) is 17.9. The van der Waals surface area contributed by atoms with E-state index in [1.165, 1.54) is 18.5 Å². The van der Waals surface area contributed by atoms with E-state index in [-0.39, 0.29) is 11.8 Å². The van der Waals surface area contributed by atoms with Crippen molar-refractivity contribution in [2.45, 2.75) is 39.7 Å². The largest absolute Gasteiger partial charge is 0.372 e.